The van der Waals surface area contributed by atoms with E-state index in [0.717, 1.165) is 25.3 Å². The van der Waals surface area contributed by atoms with E-state index in [-0.39, 0.29) is 0 Å². The molecule has 0 unspecified atom stereocenters. The van der Waals surface area contributed by atoms with Crippen LogP contribution >= 0.6 is 0 Å². The van der Waals surface area contributed by atoms with Crippen molar-refractivity contribution in [3.8, 4) is 5.75 Å². The fourth-order valence-corrected chi connectivity index (χ4v) is 2.50. The second kappa shape index (κ2) is 5.45. The topological polar surface area (TPSA) is 21.3 Å². The van der Waals surface area contributed by atoms with E-state index in [1.807, 2.05) is 18.2 Å². The number of para-hydroxylation sites is 1. The van der Waals surface area contributed by atoms with E-state index in [9.17, 15) is 0 Å². The molecular weight excluding hydrogens is 234 g/mol. The van der Waals surface area contributed by atoms with Gasteiger partial charge in [-0.25, -0.2) is 0 Å². The highest BCUT2D eigenvalue weighted by molar-refractivity contribution is 5.35. The quantitative estimate of drug-likeness (QED) is 0.907. The second-order valence-electron chi connectivity index (χ2n) is 5.08. The van der Waals surface area contributed by atoms with Crippen molar-refractivity contribution < 1.29 is 4.74 Å². The molecule has 0 amide bonds. The summed E-state index contributed by atoms with van der Waals surface area (Å²) in [5.41, 5.74) is 5.32. The van der Waals surface area contributed by atoms with Gasteiger partial charge in [0, 0.05) is 6.54 Å². The molecular formula is C17H19NO. The minimum absolute atomic E-state index is 0.644. The third-order valence-corrected chi connectivity index (χ3v) is 3.65. The van der Waals surface area contributed by atoms with Gasteiger partial charge in [-0.15, -0.1) is 0 Å². The van der Waals surface area contributed by atoms with Crippen LogP contribution < -0.4 is 10.1 Å². The summed E-state index contributed by atoms with van der Waals surface area (Å²) in [5, 5.41) is 3.39. The average Bonchev–Trinajstić information content (AvgIpc) is 2.46. The Bertz CT molecular complexity index is 577. The van der Waals surface area contributed by atoms with Crippen molar-refractivity contribution in [1.29, 1.82) is 0 Å². The van der Waals surface area contributed by atoms with E-state index in [0.29, 0.717) is 6.61 Å². The molecule has 1 aliphatic rings. The highest BCUT2D eigenvalue weighted by Crippen LogP contribution is 2.20. The van der Waals surface area contributed by atoms with E-state index in [1.165, 1.54) is 22.3 Å². The highest BCUT2D eigenvalue weighted by Gasteiger charge is 2.09. The lowest BCUT2D eigenvalue weighted by atomic mass is 9.99. The molecule has 0 aromatic heterocycles. The zero-order chi connectivity index (χ0) is 13.1. The first-order valence-electron chi connectivity index (χ1n) is 6.83. The van der Waals surface area contributed by atoms with E-state index in [2.05, 4.69) is 36.5 Å². The monoisotopic (exact) mass is 253 g/mol. The van der Waals surface area contributed by atoms with Gasteiger partial charge in [-0.2, -0.15) is 0 Å². The van der Waals surface area contributed by atoms with Crippen molar-refractivity contribution in [3.63, 3.8) is 0 Å². The van der Waals surface area contributed by atoms with Crippen molar-refractivity contribution >= 4 is 0 Å². The van der Waals surface area contributed by atoms with Crippen LogP contribution in [0.3, 0.4) is 0 Å². The van der Waals surface area contributed by atoms with Crippen molar-refractivity contribution in [2.45, 2.75) is 26.5 Å². The summed E-state index contributed by atoms with van der Waals surface area (Å²) < 4.78 is 5.90. The lowest BCUT2D eigenvalue weighted by Crippen LogP contribution is -2.23. The number of nitrogens with one attached hydrogen (secondary N) is 1. The smallest absolute Gasteiger partial charge is 0.122 e. The summed E-state index contributed by atoms with van der Waals surface area (Å²) in [6.45, 7) is 4.79. The predicted molar refractivity (Wildman–Crippen MR) is 77.4 cm³/mol. The summed E-state index contributed by atoms with van der Waals surface area (Å²) in [7, 11) is 0. The molecule has 2 aromatic rings. The van der Waals surface area contributed by atoms with Crippen LogP contribution in [0.1, 0.15) is 22.3 Å². The maximum Gasteiger partial charge on any atom is 0.122 e. The largest absolute Gasteiger partial charge is 0.489 e. The first kappa shape index (κ1) is 12.2. The molecule has 0 spiro atoms. The third kappa shape index (κ3) is 2.79. The van der Waals surface area contributed by atoms with Crippen LogP contribution in [-0.2, 0) is 19.6 Å². The molecule has 0 radical (unpaired) electrons. The van der Waals surface area contributed by atoms with Gasteiger partial charge in [-0.05, 0) is 48.2 Å². The normalized spacial score (nSPS) is 13.9. The first-order chi connectivity index (χ1) is 9.33. The molecule has 2 nitrogen and oxygen atoms in total. The van der Waals surface area contributed by atoms with E-state index >= 15 is 0 Å². The van der Waals surface area contributed by atoms with E-state index in [4.69, 9.17) is 4.74 Å². The van der Waals surface area contributed by atoms with E-state index in [1.54, 1.807) is 0 Å². The van der Waals surface area contributed by atoms with Crippen LogP contribution in [-0.4, -0.2) is 6.54 Å². The lowest BCUT2D eigenvalue weighted by Gasteiger charge is -2.18. The fourth-order valence-electron chi connectivity index (χ4n) is 2.50. The average molecular weight is 253 g/mol. The third-order valence-electron chi connectivity index (χ3n) is 3.65. The maximum absolute atomic E-state index is 5.90. The molecule has 1 aliphatic heterocycles. The van der Waals surface area contributed by atoms with Crippen LogP contribution in [0.5, 0.6) is 5.75 Å². The van der Waals surface area contributed by atoms with Crippen LogP contribution in [0.2, 0.25) is 0 Å². The molecule has 0 fully saturated rings. The summed E-state index contributed by atoms with van der Waals surface area (Å²) in [6, 6.07) is 14.8. The maximum atomic E-state index is 5.90. The van der Waals surface area contributed by atoms with Gasteiger partial charge in [0.2, 0.25) is 0 Å². The number of hydrogen-bond donors (Lipinski definition) is 1. The summed E-state index contributed by atoms with van der Waals surface area (Å²) >= 11 is 0. The van der Waals surface area contributed by atoms with Gasteiger partial charge in [-0.3, -0.25) is 0 Å². The van der Waals surface area contributed by atoms with Gasteiger partial charge in [0.15, 0.2) is 0 Å². The molecule has 0 saturated heterocycles. The Morgan fingerprint density at radius 2 is 2.00 bits per heavy atom. The zero-order valence-electron chi connectivity index (χ0n) is 11.3. The Kier molecular flexibility index (Phi) is 3.51. The molecule has 0 aliphatic carbocycles. The van der Waals surface area contributed by atoms with Gasteiger partial charge in [-0.1, -0.05) is 36.4 Å². The van der Waals surface area contributed by atoms with Gasteiger partial charge in [0.1, 0.15) is 12.4 Å². The molecule has 19 heavy (non-hydrogen) atoms. The fraction of sp³-hybridized carbons (Fsp3) is 0.294. The number of benzene rings is 2. The lowest BCUT2D eigenvalue weighted by molar-refractivity contribution is 0.304. The standard InChI is InChI=1S/C17H19NO/c1-13-4-2-3-5-17(13)19-12-14-6-7-16-11-18-9-8-15(16)10-14/h2-7,10,18H,8-9,11-12H2,1H3. The molecule has 0 bridgehead atoms. The number of fused-ring (bicyclic) bond motifs is 1. The summed E-state index contributed by atoms with van der Waals surface area (Å²) in [5.74, 6) is 0.974. The molecule has 1 heterocycles. The summed E-state index contributed by atoms with van der Waals surface area (Å²) in [6.07, 6.45) is 1.12. The van der Waals surface area contributed by atoms with Gasteiger partial charge < -0.3 is 10.1 Å². The Morgan fingerprint density at radius 1 is 1.11 bits per heavy atom. The number of hydrogen-bond acceptors (Lipinski definition) is 2. The van der Waals surface area contributed by atoms with Crippen molar-refractivity contribution in [3.05, 3.63) is 64.7 Å². The molecule has 0 saturated carbocycles. The van der Waals surface area contributed by atoms with Crippen LogP contribution in [0.15, 0.2) is 42.5 Å². The Morgan fingerprint density at radius 3 is 2.89 bits per heavy atom. The minimum Gasteiger partial charge on any atom is -0.489 e. The molecule has 0 atom stereocenters. The zero-order valence-corrected chi connectivity index (χ0v) is 11.3. The molecule has 2 aromatic carbocycles. The van der Waals surface area contributed by atoms with Crippen LogP contribution in [0.4, 0.5) is 0 Å². The number of ether oxygens (including phenoxy) is 1. The van der Waals surface area contributed by atoms with Crippen molar-refractivity contribution in [1.82, 2.24) is 5.32 Å². The number of rotatable bonds is 3. The van der Waals surface area contributed by atoms with E-state index < -0.39 is 0 Å². The van der Waals surface area contributed by atoms with Crippen molar-refractivity contribution in [2.24, 2.45) is 0 Å². The molecule has 3 rings (SSSR count). The van der Waals surface area contributed by atoms with Crippen LogP contribution in [0.25, 0.3) is 0 Å². The Labute approximate surface area is 114 Å². The Hall–Kier alpha value is -1.80. The number of aryl methyl sites for hydroxylation is 1. The van der Waals surface area contributed by atoms with Gasteiger partial charge in [0.05, 0.1) is 0 Å². The SMILES string of the molecule is Cc1ccccc1OCc1ccc2c(c1)CCNC2. The Balaban J connectivity index is 1.72. The second-order valence-corrected chi connectivity index (χ2v) is 5.08. The molecule has 2 heteroatoms. The first-order valence-corrected chi connectivity index (χ1v) is 6.83. The summed E-state index contributed by atoms with van der Waals surface area (Å²) in [4.78, 5) is 0. The van der Waals surface area contributed by atoms with Gasteiger partial charge in [0.25, 0.3) is 0 Å². The van der Waals surface area contributed by atoms with Crippen molar-refractivity contribution in [2.75, 3.05) is 6.54 Å². The molecule has 98 valence electrons. The van der Waals surface area contributed by atoms with Crippen LogP contribution in [0, 0.1) is 6.92 Å². The van der Waals surface area contributed by atoms with Gasteiger partial charge >= 0.3 is 0 Å². The minimum atomic E-state index is 0.644. The highest BCUT2D eigenvalue weighted by atomic mass is 16.5. The molecule has 1 N–H and O–H groups in total. The predicted octanol–water partition coefficient (Wildman–Crippen LogP) is 3.22.